The molecule has 1 atom stereocenters. The zero-order valence-corrected chi connectivity index (χ0v) is 14.1. The summed E-state index contributed by atoms with van der Waals surface area (Å²) >= 11 is 0. The molecule has 0 spiro atoms. The fourth-order valence-electron chi connectivity index (χ4n) is 2.50. The third kappa shape index (κ3) is 4.67. The summed E-state index contributed by atoms with van der Waals surface area (Å²) in [5.74, 6) is 0.503. The molecule has 3 aromatic rings. The van der Waals surface area contributed by atoms with Crippen LogP contribution >= 0.6 is 0 Å². The number of ether oxygens (including phenoxy) is 1. The fraction of sp³-hybridized carbons (Fsp3) is 0.143. The van der Waals surface area contributed by atoms with Gasteiger partial charge in [-0.05, 0) is 28.5 Å². The number of rotatable bonds is 6. The molecule has 0 aliphatic rings. The molecule has 4 nitrogen and oxygen atoms in total. The summed E-state index contributed by atoms with van der Waals surface area (Å²) in [6.45, 7) is 1.95. The van der Waals surface area contributed by atoms with Crippen LogP contribution < -0.4 is 10.2 Å². The van der Waals surface area contributed by atoms with Crippen molar-refractivity contribution in [3.05, 3.63) is 78.4 Å². The average Bonchev–Trinajstić information content (AvgIpc) is 2.67. The lowest BCUT2D eigenvalue weighted by Gasteiger charge is -2.07. The van der Waals surface area contributed by atoms with Crippen LogP contribution in [-0.2, 0) is 4.79 Å². The van der Waals surface area contributed by atoms with Crippen molar-refractivity contribution in [3.8, 4) is 5.75 Å². The van der Waals surface area contributed by atoms with Gasteiger partial charge < -0.3 is 4.74 Å². The van der Waals surface area contributed by atoms with E-state index in [9.17, 15) is 4.79 Å². The van der Waals surface area contributed by atoms with Gasteiger partial charge in [0, 0.05) is 12.1 Å². The summed E-state index contributed by atoms with van der Waals surface area (Å²) in [6, 6.07) is 23.8. The smallest absolute Gasteiger partial charge is 0.277 e. The summed E-state index contributed by atoms with van der Waals surface area (Å²) in [6.07, 6.45) is 1.71. The number of fused-ring (bicyclic) bond motifs is 1. The first-order valence-electron chi connectivity index (χ1n) is 8.21. The maximum atomic E-state index is 11.8. The monoisotopic (exact) mass is 332 g/mol. The molecule has 0 aliphatic carbocycles. The van der Waals surface area contributed by atoms with Crippen LogP contribution in [0.1, 0.15) is 18.4 Å². The van der Waals surface area contributed by atoms with Crippen LogP contribution in [0.5, 0.6) is 5.75 Å². The highest BCUT2D eigenvalue weighted by Gasteiger charge is 2.04. The van der Waals surface area contributed by atoms with E-state index in [1.54, 1.807) is 6.21 Å². The van der Waals surface area contributed by atoms with E-state index in [1.165, 1.54) is 0 Å². The minimum Gasteiger partial charge on any atom is -0.484 e. The number of benzene rings is 3. The summed E-state index contributed by atoms with van der Waals surface area (Å²) in [7, 11) is 0. The summed E-state index contributed by atoms with van der Waals surface area (Å²) in [5, 5.41) is 6.22. The predicted molar refractivity (Wildman–Crippen MR) is 101 cm³/mol. The van der Waals surface area contributed by atoms with Crippen molar-refractivity contribution in [2.75, 3.05) is 6.61 Å². The Labute approximate surface area is 147 Å². The van der Waals surface area contributed by atoms with Gasteiger partial charge >= 0.3 is 0 Å². The second-order valence-electron chi connectivity index (χ2n) is 5.81. The number of carbonyl (C=O) groups is 1. The standard InChI is InChI=1S/C21H20N2O2/c1-16(17-7-3-2-4-8-17)14-22-23-21(24)15-25-20-12-11-18-9-5-6-10-19(18)13-20/h2-14,16H,15H2,1H3,(H,23,24)/b22-14+. The van der Waals surface area contributed by atoms with Crippen LogP contribution in [0.25, 0.3) is 10.8 Å². The molecule has 0 bridgehead atoms. The van der Waals surface area contributed by atoms with Crippen LogP contribution in [0.4, 0.5) is 0 Å². The average molecular weight is 332 g/mol. The molecule has 1 N–H and O–H groups in total. The third-order valence-electron chi connectivity index (χ3n) is 3.90. The predicted octanol–water partition coefficient (Wildman–Crippen LogP) is 4.12. The highest BCUT2D eigenvalue weighted by molar-refractivity contribution is 5.84. The lowest BCUT2D eigenvalue weighted by molar-refractivity contribution is -0.123. The molecule has 0 saturated heterocycles. The van der Waals surface area contributed by atoms with E-state index in [-0.39, 0.29) is 18.4 Å². The van der Waals surface area contributed by atoms with Crippen molar-refractivity contribution in [2.24, 2.45) is 5.10 Å². The third-order valence-corrected chi connectivity index (χ3v) is 3.90. The molecule has 0 fully saturated rings. The molecule has 1 unspecified atom stereocenters. The van der Waals surface area contributed by atoms with Crippen molar-refractivity contribution in [3.63, 3.8) is 0 Å². The molecule has 3 aromatic carbocycles. The lowest BCUT2D eigenvalue weighted by Crippen LogP contribution is -2.24. The highest BCUT2D eigenvalue weighted by atomic mass is 16.5. The maximum absolute atomic E-state index is 11.8. The minimum atomic E-state index is -0.287. The van der Waals surface area contributed by atoms with Gasteiger partial charge in [0.1, 0.15) is 5.75 Å². The number of amides is 1. The molecule has 4 heteroatoms. The molecular formula is C21H20N2O2. The largest absolute Gasteiger partial charge is 0.484 e. The van der Waals surface area contributed by atoms with E-state index in [2.05, 4.69) is 10.5 Å². The van der Waals surface area contributed by atoms with Crippen LogP contribution in [-0.4, -0.2) is 18.7 Å². The Morgan fingerprint density at radius 1 is 1.04 bits per heavy atom. The van der Waals surface area contributed by atoms with Gasteiger partial charge in [-0.2, -0.15) is 5.10 Å². The molecule has 126 valence electrons. The zero-order valence-electron chi connectivity index (χ0n) is 14.1. The second kappa shape index (κ2) is 8.11. The molecule has 1 amide bonds. The molecule has 0 aliphatic heterocycles. The summed E-state index contributed by atoms with van der Waals surface area (Å²) in [4.78, 5) is 11.8. The van der Waals surface area contributed by atoms with Crippen LogP contribution in [0.3, 0.4) is 0 Å². The Balaban J connectivity index is 1.49. The Hall–Kier alpha value is -3.14. The van der Waals surface area contributed by atoms with Crippen LogP contribution in [0.2, 0.25) is 0 Å². The molecular weight excluding hydrogens is 312 g/mol. The fourth-order valence-corrected chi connectivity index (χ4v) is 2.50. The van der Waals surface area contributed by atoms with Gasteiger partial charge in [-0.25, -0.2) is 5.43 Å². The van der Waals surface area contributed by atoms with Crippen molar-refractivity contribution in [1.29, 1.82) is 0 Å². The molecule has 0 aromatic heterocycles. The molecule has 3 rings (SSSR count). The van der Waals surface area contributed by atoms with Crippen molar-refractivity contribution < 1.29 is 9.53 Å². The zero-order chi connectivity index (χ0) is 17.5. The van der Waals surface area contributed by atoms with Crippen LogP contribution in [0, 0.1) is 0 Å². The second-order valence-corrected chi connectivity index (χ2v) is 5.81. The van der Waals surface area contributed by atoms with Crippen molar-refractivity contribution >= 4 is 22.9 Å². The summed E-state index contributed by atoms with van der Waals surface area (Å²) < 4.78 is 5.53. The number of nitrogens with zero attached hydrogens (tertiary/aromatic N) is 1. The normalized spacial score (nSPS) is 12.2. The Morgan fingerprint density at radius 2 is 1.76 bits per heavy atom. The van der Waals surface area contributed by atoms with Gasteiger partial charge in [0.15, 0.2) is 6.61 Å². The molecule has 25 heavy (non-hydrogen) atoms. The number of hydrazone groups is 1. The molecule has 0 saturated carbocycles. The topological polar surface area (TPSA) is 50.7 Å². The maximum Gasteiger partial charge on any atom is 0.277 e. The Morgan fingerprint density at radius 3 is 2.56 bits per heavy atom. The Kier molecular flexibility index (Phi) is 5.42. The van der Waals surface area contributed by atoms with Gasteiger partial charge in [0.05, 0.1) is 0 Å². The highest BCUT2D eigenvalue weighted by Crippen LogP contribution is 2.20. The van der Waals surface area contributed by atoms with Gasteiger partial charge in [-0.1, -0.05) is 67.6 Å². The van der Waals surface area contributed by atoms with E-state index < -0.39 is 0 Å². The van der Waals surface area contributed by atoms with Gasteiger partial charge in [0.2, 0.25) is 0 Å². The number of nitrogens with one attached hydrogen (secondary N) is 1. The van der Waals surface area contributed by atoms with Gasteiger partial charge in [-0.15, -0.1) is 0 Å². The van der Waals surface area contributed by atoms with E-state index in [1.807, 2.05) is 79.7 Å². The first-order valence-corrected chi connectivity index (χ1v) is 8.21. The van der Waals surface area contributed by atoms with Crippen molar-refractivity contribution in [2.45, 2.75) is 12.8 Å². The van der Waals surface area contributed by atoms with E-state index in [4.69, 9.17) is 4.74 Å². The molecule has 0 radical (unpaired) electrons. The van der Waals surface area contributed by atoms with Gasteiger partial charge in [0.25, 0.3) is 5.91 Å². The van der Waals surface area contributed by atoms with Crippen LogP contribution in [0.15, 0.2) is 77.9 Å². The lowest BCUT2D eigenvalue weighted by atomic mass is 10.0. The van der Waals surface area contributed by atoms with Gasteiger partial charge in [-0.3, -0.25) is 4.79 Å². The Bertz CT molecular complexity index is 875. The van der Waals surface area contributed by atoms with E-state index in [0.717, 1.165) is 16.3 Å². The number of hydrogen-bond acceptors (Lipinski definition) is 3. The molecule has 0 heterocycles. The minimum absolute atomic E-state index is 0.0740. The SMILES string of the molecule is CC(/C=N/NC(=O)COc1ccc2ccccc2c1)c1ccccc1. The number of carbonyl (C=O) groups excluding carboxylic acids is 1. The summed E-state index contributed by atoms with van der Waals surface area (Å²) in [5.41, 5.74) is 3.64. The van der Waals surface area contributed by atoms with Crippen molar-refractivity contribution in [1.82, 2.24) is 5.43 Å². The van der Waals surface area contributed by atoms with E-state index in [0.29, 0.717) is 5.75 Å². The number of hydrogen-bond donors (Lipinski definition) is 1. The first-order chi connectivity index (χ1) is 12.2. The first kappa shape index (κ1) is 16.7. The van der Waals surface area contributed by atoms with E-state index >= 15 is 0 Å². The quantitative estimate of drug-likeness (QED) is 0.545.